The Morgan fingerprint density at radius 1 is 1.06 bits per heavy atom. The van der Waals surface area contributed by atoms with Gasteiger partial charge in [-0.25, -0.2) is 13.2 Å². The second kappa shape index (κ2) is 10.2. The zero-order valence-corrected chi connectivity index (χ0v) is 23.8. The van der Waals surface area contributed by atoms with Crippen LogP contribution in [0.5, 0.6) is 0 Å². The van der Waals surface area contributed by atoms with E-state index in [0.717, 1.165) is 16.0 Å². The van der Waals surface area contributed by atoms with Crippen LogP contribution >= 0.6 is 0 Å². The van der Waals surface area contributed by atoms with Crippen molar-refractivity contribution in [3.05, 3.63) is 94.2 Å². The number of carbonyl (C=O) groups is 2. The third-order valence-corrected chi connectivity index (χ3v) is 7.45. The minimum atomic E-state index is -3.79. The molecule has 1 radical (unpaired) electrons. The first-order valence-electron chi connectivity index (χ1n) is 10.1. The van der Waals surface area contributed by atoms with E-state index in [9.17, 15) is 23.1 Å². The van der Waals surface area contributed by atoms with E-state index >= 15 is 0 Å². The van der Waals surface area contributed by atoms with Gasteiger partial charge < -0.3 is 9.84 Å². The van der Waals surface area contributed by atoms with E-state index in [1.54, 1.807) is 13.8 Å². The third kappa shape index (κ3) is 4.74. The summed E-state index contributed by atoms with van der Waals surface area (Å²) in [5, 5.41) is 8.59. The molecule has 0 aliphatic carbocycles. The molecule has 1 saturated heterocycles. The summed E-state index contributed by atoms with van der Waals surface area (Å²) in [6, 6.07) is 18.2. The minimum absolute atomic E-state index is 0. The molecule has 1 atom stereocenters. The second-order valence-corrected chi connectivity index (χ2v) is 10.0. The van der Waals surface area contributed by atoms with Gasteiger partial charge in [0, 0.05) is 49.6 Å². The van der Waals surface area contributed by atoms with Crippen LogP contribution in [0.4, 0.5) is 0 Å². The van der Waals surface area contributed by atoms with E-state index in [2.05, 4.69) is 0 Å². The van der Waals surface area contributed by atoms with Crippen molar-refractivity contribution in [1.29, 1.82) is 0 Å². The van der Waals surface area contributed by atoms with Crippen LogP contribution in [0, 0.1) is 44.1 Å². The number of benzene rings is 2. The van der Waals surface area contributed by atoms with E-state index in [-0.39, 0.29) is 60.9 Å². The smallest absolute Gasteiger partial charge is 0.356 e. The Balaban J connectivity index is 0.00000306. The summed E-state index contributed by atoms with van der Waals surface area (Å²) >= 11 is 0. The molecule has 7 nitrogen and oxygen atoms in total. The van der Waals surface area contributed by atoms with Crippen molar-refractivity contribution >= 4 is 21.7 Å². The molecule has 2 aromatic rings. The van der Waals surface area contributed by atoms with Crippen LogP contribution in [0.25, 0.3) is 0 Å². The molecule has 0 bridgehead atoms. The number of β-lactam (4-membered cyclic amide) rings is 1. The van der Waals surface area contributed by atoms with Gasteiger partial charge in [0.25, 0.3) is 5.91 Å². The van der Waals surface area contributed by atoms with Gasteiger partial charge in [-0.15, -0.1) is 0 Å². The van der Waals surface area contributed by atoms with Crippen LogP contribution in [0.3, 0.4) is 0 Å². The number of ether oxygens (including phenoxy) is 1. The largest absolute Gasteiger partial charge is 0.448 e. The number of aliphatic hydroxyl groups is 1. The van der Waals surface area contributed by atoms with Gasteiger partial charge in [-0.1, -0.05) is 66.2 Å². The molecule has 2 heterocycles. The summed E-state index contributed by atoms with van der Waals surface area (Å²) in [6.45, 7) is 2.64. The number of esters is 1. The molecule has 9 heteroatoms. The quantitative estimate of drug-likeness (QED) is 0.296. The summed E-state index contributed by atoms with van der Waals surface area (Å²) in [5.41, 5.74) is 1.93. The number of aliphatic hydroxyl groups excluding tert-OH is 1. The molecule has 1 amide bonds. The summed E-state index contributed by atoms with van der Waals surface area (Å²) in [4.78, 5) is 27.1. The van der Waals surface area contributed by atoms with Crippen LogP contribution in [0.15, 0.2) is 83.1 Å². The molecule has 1 N–H and O–H groups in total. The van der Waals surface area contributed by atoms with Gasteiger partial charge >= 0.3 is 5.97 Å². The van der Waals surface area contributed by atoms with Crippen LogP contribution in [-0.4, -0.2) is 48.0 Å². The zero-order valence-electron chi connectivity index (χ0n) is 18.3. The van der Waals surface area contributed by atoms with Gasteiger partial charge in [0.15, 0.2) is 21.3 Å². The van der Waals surface area contributed by atoms with Crippen molar-refractivity contribution in [1.82, 2.24) is 4.90 Å². The molecule has 169 valence electrons. The Kier molecular flexibility index (Phi) is 8.00. The molecular weight excluding hydrogens is 657 g/mol. The van der Waals surface area contributed by atoms with Crippen LogP contribution in [0.1, 0.15) is 31.1 Å². The van der Waals surface area contributed by atoms with Crippen molar-refractivity contribution in [3.8, 4) is 0 Å². The van der Waals surface area contributed by atoms with Crippen molar-refractivity contribution in [2.75, 3.05) is 12.4 Å². The molecular formula is C24H23AcNO6S. The first-order chi connectivity index (χ1) is 15.3. The fraction of sp³-hybridized carbons (Fsp3) is 0.250. The van der Waals surface area contributed by atoms with Crippen LogP contribution < -0.4 is 0 Å². The fourth-order valence-electron chi connectivity index (χ4n) is 4.10. The molecule has 2 aliphatic heterocycles. The SMILES string of the molecule is CC(C)=C1C(=O)N2C(C(=O)OC(c3ccccc3)c3ccccc3)=C(CO)CS(=O)(=O)C12.[Ac]. The van der Waals surface area contributed by atoms with E-state index < -0.39 is 45.6 Å². The van der Waals surface area contributed by atoms with Crippen molar-refractivity contribution in [3.63, 3.8) is 0 Å². The molecule has 2 aromatic carbocycles. The monoisotopic (exact) mass is 680 g/mol. The Hall–Kier alpha value is -1.79. The molecule has 0 spiro atoms. The number of carbonyl (C=O) groups excluding carboxylic acids is 2. The number of nitrogens with zero attached hydrogens (tertiary/aromatic N) is 1. The van der Waals surface area contributed by atoms with E-state index in [4.69, 9.17) is 4.74 Å². The normalized spacial score (nSPS) is 18.9. The summed E-state index contributed by atoms with van der Waals surface area (Å²) in [6.07, 6.45) is -0.770. The summed E-state index contributed by atoms with van der Waals surface area (Å²) < 4.78 is 31.4. The topological polar surface area (TPSA) is 101 Å². The number of hydrogen-bond donors (Lipinski definition) is 1. The van der Waals surface area contributed by atoms with E-state index in [0.29, 0.717) is 5.57 Å². The van der Waals surface area contributed by atoms with Gasteiger partial charge in [-0.2, -0.15) is 0 Å². The van der Waals surface area contributed by atoms with Gasteiger partial charge in [0.1, 0.15) is 5.70 Å². The molecule has 1 fully saturated rings. The van der Waals surface area contributed by atoms with Crippen molar-refractivity contribution in [2.24, 2.45) is 0 Å². The Morgan fingerprint density at radius 2 is 1.58 bits per heavy atom. The van der Waals surface area contributed by atoms with Crippen LogP contribution in [0.2, 0.25) is 0 Å². The fourth-order valence-corrected chi connectivity index (χ4v) is 6.18. The molecule has 4 rings (SSSR count). The molecule has 1 unspecified atom stereocenters. The third-order valence-electron chi connectivity index (χ3n) is 5.57. The van der Waals surface area contributed by atoms with E-state index in [1.807, 2.05) is 60.7 Å². The average molecular weight is 681 g/mol. The van der Waals surface area contributed by atoms with Crippen molar-refractivity contribution in [2.45, 2.75) is 25.3 Å². The first-order valence-corrected chi connectivity index (χ1v) is 11.8. The molecule has 0 saturated carbocycles. The number of sulfone groups is 1. The number of allylic oxidation sites excluding steroid dienone is 1. The van der Waals surface area contributed by atoms with E-state index in [1.165, 1.54) is 0 Å². The summed E-state index contributed by atoms with van der Waals surface area (Å²) in [5.74, 6) is -1.93. The maximum atomic E-state index is 13.4. The Labute approximate surface area is 228 Å². The standard InChI is InChI=1S/C24H23NO6S.Ac/c1-15(2)19-22(27)25-20(18(13-26)14-32(29,30)23(19)25)24(28)31-21(16-9-5-3-6-10-16)17-11-7-4-8-12-17;/h3-12,21,23,26H,13-14H2,1-2H3;. The second-order valence-electron chi connectivity index (χ2n) is 7.97. The molecule has 0 aromatic heterocycles. The maximum absolute atomic E-state index is 13.4. The molecule has 2 aliphatic rings. The predicted octanol–water partition coefficient (Wildman–Crippen LogP) is 2.50. The number of amides is 1. The van der Waals surface area contributed by atoms with Gasteiger partial charge in [-0.3, -0.25) is 9.69 Å². The zero-order chi connectivity index (χ0) is 23.0. The van der Waals surface area contributed by atoms with Gasteiger partial charge in [0.05, 0.1) is 17.9 Å². The average Bonchev–Trinajstić information content (AvgIpc) is 2.77. The minimum Gasteiger partial charge on any atom is -0.448 e. The Bertz CT molecular complexity index is 1190. The Morgan fingerprint density at radius 3 is 2.03 bits per heavy atom. The first kappa shape index (κ1) is 25.8. The van der Waals surface area contributed by atoms with Gasteiger partial charge in [-0.05, 0) is 25.0 Å². The van der Waals surface area contributed by atoms with Crippen molar-refractivity contribution < 1.29 is 71.9 Å². The van der Waals surface area contributed by atoms with Gasteiger partial charge in [0.2, 0.25) is 0 Å². The maximum Gasteiger partial charge on any atom is 0.356 e. The molecule has 33 heavy (non-hydrogen) atoms. The number of hydrogen-bond acceptors (Lipinski definition) is 6. The summed E-state index contributed by atoms with van der Waals surface area (Å²) in [7, 11) is -3.79. The van der Waals surface area contributed by atoms with Crippen LogP contribution in [-0.2, 0) is 24.2 Å². The number of rotatable bonds is 5. The predicted molar refractivity (Wildman–Crippen MR) is 118 cm³/mol. The number of fused-ring (bicyclic) bond motifs is 1.